The number of amides is 1. The molecule has 0 saturated carbocycles. The Labute approximate surface area is 142 Å². The zero-order chi connectivity index (χ0) is 17.7. The van der Waals surface area contributed by atoms with Crippen molar-refractivity contribution < 1.29 is 23.8 Å². The van der Waals surface area contributed by atoms with Crippen LogP contribution in [-0.4, -0.2) is 49.7 Å². The van der Waals surface area contributed by atoms with Crippen LogP contribution in [-0.2, 0) is 9.53 Å². The van der Waals surface area contributed by atoms with Crippen molar-refractivity contribution in [3.05, 3.63) is 23.8 Å². The fourth-order valence-corrected chi connectivity index (χ4v) is 3.24. The van der Waals surface area contributed by atoms with Crippen LogP contribution >= 0.6 is 0 Å². The standard InChI is InChI=1S/C18H25NO5/c1-12-7-5-8-13(2)19(12)16(20)11-24-18(21)14-9-6-10-15(22-3)17(14)23-4/h6,9-10,12-13H,5,7-8,11H2,1-4H3/t12-,13-/m1/s1. The molecule has 24 heavy (non-hydrogen) atoms. The maximum atomic E-state index is 12.4. The predicted molar refractivity (Wildman–Crippen MR) is 89.4 cm³/mol. The number of nitrogens with zero attached hydrogens (tertiary/aromatic N) is 1. The highest BCUT2D eigenvalue weighted by Gasteiger charge is 2.29. The van der Waals surface area contributed by atoms with E-state index in [0.29, 0.717) is 11.5 Å². The number of ether oxygens (including phenoxy) is 3. The molecule has 2 atom stereocenters. The first-order chi connectivity index (χ1) is 11.5. The molecule has 1 aliphatic heterocycles. The monoisotopic (exact) mass is 335 g/mol. The van der Waals surface area contributed by atoms with Crippen LogP contribution in [0.15, 0.2) is 18.2 Å². The fourth-order valence-electron chi connectivity index (χ4n) is 3.24. The molecule has 0 spiro atoms. The van der Waals surface area contributed by atoms with Crippen molar-refractivity contribution >= 4 is 11.9 Å². The lowest BCUT2D eigenvalue weighted by atomic mass is 9.97. The molecule has 1 aliphatic rings. The fraction of sp³-hybridized carbons (Fsp3) is 0.556. The van der Waals surface area contributed by atoms with E-state index in [0.717, 1.165) is 19.3 Å². The van der Waals surface area contributed by atoms with Crippen molar-refractivity contribution in [2.45, 2.75) is 45.2 Å². The summed E-state index contributed by atoms with van der Waals surface area (Å²) >= 11 is 0. The van der Waals surface area contributed by atoms with Crippen molar-refractivity contribution in [1.29, 1.82) is 0 Å². The van der Waals surface area contributed by atoms with E-state index in [1.165, 1.54) is 14.2 Å². The number of hydrogen-bond acceptors (Lipinski definition) is 5. The van der Waals surface area contributed by atoms with Gasteiger partial charge in [-0.2, -0.15) is 0 Å². The zero-order valence-electron chi connectivity index (χ0n) is 14.7. The summed E-state index contributed by atoms with van der Waals surface area (Å²) in [4.78, 5) is 26.6. The third-order valence-corrected chi connectivity index (χ3v) is 4.43. The Morgan fingerprint density at radius 2 is 1.79 bits per heavy atom. The van der Waals surface area contributed by atoms with Crippen LogP contribution in [0.2, 0.25) is 0 Å². The number of para-hydroxylation sites is 1. The SMILES string of the molecule is COc1cccc(C(=O)OCC(=O)N2[C@H](C)CCC[C@H]2C)c1OC. The van der Waals surface area contributed by atoms with Crippen molar-refractivity contribution in [1.82, 2.24) is 4.90 Å². The Balaban J connectivity index is 2.04. The molecular formula is C18H25NO5. The van der Waals surface area contributed by atoms with E-state index in [1.54, 1.807) is 18.2 Å². The van der Waals surface area contributed by atoms with Crippen LogP contribution in [0, 0.1) is 0 Å². The first-order valence-corrected chi connectivity index (χ1v) is 8.18. The summed E-state index contributed by atoms with van der Waals surface area (Å²) in [5.74, 6) is -0.0185. The number of esters is 1. The molecule has 2 rings (SSSR count). The number of piperidine rings is 1. The Morgan fingerprint density at radius 1 is 1.12 bits per heavy atom. The van der Waals surface area contributed by atoms with Crippen molar-refractivity contribution in [3.63, 3.8) is 0 Å². The van der Waals surface area contributed by atoms with Crippen LogP contribution in [0.3, 0.4) is 0 Å². The number of carbonyl (C=O) groups is 2. The number of methoxy groups -OCH3 is 2. The molecule has 1 amide bonds. The number of hydrogen-bond donors (Lipinski definition) is 0. The Kier molecular flexibility index (Phi) is 6.06. The summed E-state index contributed by atoms with van der Waals surface area (Å²) in [7, 11) is 2.95. The minimum atomic E-state index is -0.601. The van der Waals surface area contributed by atoms with E-state index in [2.05, 4.69) is 0 Å². The highest BCUT2D eigenvalue weighted by molar-refractivity contribution is 5.95. The van der Waals surface area contributed by atoms with Gasteiger partial charge >= 0.3 is 5.97 Å². The second kappa shape index (κ2) is 8.04. The zero-order valence-corrected chi connectivity index (χ0v) is 14.7. The first-order valence-electron chi connectivity index (χ1n) is 8.18. The lowest BCUT2D eigenvalue weighted by Crippen LogP contribution is -2.49. The third-order valence-electron chi connectivity index (χ3n) is 4.43. The Morgan fingerprint density at radius 3 is 2.38 bits per heavy atom. The van der Waals surface area contributed by atoms with Gasteiger partial charge in [0.2, 0.25) is 0 Å². The van der Waals surface area contributed by atoms with Gasteiger partial charge < -0.3 is 19.1 Å². The smallest absolute Gasteiger partial charge is 0.342 e. The summed E-state index contributed by atoms with van der Waals surface area (Å²) in [5.41, 5.74) is 0.240. The average Bonchev–Trinajstić information content (AvgIpc) is 2.58. The topological polar surface area (TPSA) is 65.1 Å². The molecule has 1 heterocycles. The van der Waals surface area contributed by atoms with Crippen LogP contribution in [0.4, 0.5) is 0 Å². The van der Waals surface area contributed by atoms with Gasteiger partial charge in [-0.05, 0) is 45.2 Å². The predicted octanol–water partition coefficient (Wildman–Crippen LogP) is 2.65. The summed E-state index contributed by atoms with van der Waals surface area (Å²) in [6.45, 7) is 3.79. The quantitative estimate of drug-likeness (QED) is 0.774. The molecule has 0 aromatic heterocycles. The minimum absolute atomic E-state index is 0.162. The highest BCUT2D eigenvalue weighted by Crippen LogP contribution is 2.31. The van der Waals surface area contributed by atoms with Gasteiger partial charge in [-0.3, -0.25) is 4.79 Å². The number of carbonyl (C=O) groups excluding carboxylic acids is 2. The van der Waals surface area contributed by atoms with Crippen molar-refractivity contribution in [2.75, 3.05) is 20.8 Å². The summed E-state index contributed by atoms with van der Waals surface area (Å²) in [5, 5.41) is 0. The van der Waals surface area contributed by atoms with E-state index in [-0.39, 0.29) is 30.2 Å². The number of benzene rings is 1. The lowest BCUT2D eigenvalue weighted by molar-refractivity contribution is -0.140. The van der Waals surface area contributed by atoms with Crippen LogP contribution in [0.1, 0.15) is 43.5 Å². The second-order valence-electron chi connectivity index (χ2n) is 6.05. The lowest BCUT2D eigenvalue weighted by Gasteiger charge is -2.38. The highest BCUT2D eigenvalue weighted by atomic mass is 16.5. The summed E-state index contributed by atoms with van der Waals surface area (Å²) in [6, 6.07) is 5.30. The molecule has 132 valence electrons. The summed E-state index contributed by atoms with van der Waals surface area (Å²) in [6.07, 6.45) is 3.08. The van der Waals surface area contributed by atoms with E-state index in [4.69, 9.17) is 14.2 Å². The largest absolute Gasteiger partial charge is 0.493 e. The molecule has 0 N–H and O–H groups in total. The molecular weight excluding hydrogens is 310 g/mol. The van der Waals surface area contributed by atoms with Gasteiger partial charge in [0.15, 0.2) is 18.1 Å². The van der Waals surface area contributed by atoms with E-state index in [1.807, 2.05) is 18.7 Å². The van der Waals surface area contributed by atoms with Crippen LogP contribution in [0.25, 0.3) is 0 Å². The number of likely N-dealkylation sites (tertiary alicyclic amines) is 1. The molecule has 1 fully saturated rings. The maximum absolute atomic E-state index is 12.4. The molecule has 6 heteroatoms. The maximum Gasteiger partial charge on any atom is 0.342 e. The van der Waals surface area contributed by atoms with Crippen LogP contribution in [0.5, 0.6) is 11.5 Å². The van der Waals surface area contributed by atoms with Gasteiger partial charge in [0.05, 0.1) is 14.2 Å². The molecule has 1 aromatic carbocycles. The van der Waals surface area contributed by atoms with Gasteiger partial charge in [0.1, 0.15) is 5.56 Å². The third kappa shape index (κ3) is 3.80. The van der Waals surface area contributed by atoms with Gasteiger partial charge in [-0.25, -0.2) is 4.79 Å². The molecule has 0 unspecified atom stereocenters. The average molecular weight is 335 g/mol. The van der Waals surface area contributed by atoms with Crippen molar-refractivity contribution in [3.8, 4) is 11.5 Å². The Bertz CT molecular complexity index is 591. The molecule has 0 radical (unpaired) electrons. The molecule has 0 bridgehead atoms. The number of rotatable bonds is 5. The van der Waals surface area contributed by atoms with Crippen molar-refractivity contribution in [2.24, 2.45) is 0 Å². The Hall–Kier alpha value is -2.24. The summed E-state index contributed by atoms with van der Waals surface area (Å²) < 4.78 is 15.6. The van der Waals surface area contributed by atoms with Gasteiger partial charge in [-0.15, -0.1) is 0 Å². The molecule has 0 aliphatic carbocycles. The second-order valence-corrected chi connectivity index (χ2v) is 6.05. The van der Waals surface area contributed by atoms with E-state index < -0.39 is 5.97 Å². The minimum Gasteiger partial charge on any atom is -0.493 e. The van der Waals surface area contributed by atoms with Crippen LogP contribution < -0.4 is 9.47 Å². The van der Waals surface area contributed by atoms with E-state index in [9.17, 15) is 9.59 Å². The normalized spacial score (nSPS) is 20.4. The van der Waals surface area contributed by atoms with E-state index >= 15 is 0 Å². The van der Waals surface area contributed by atoms with Gasteiger partial charge in [0, 0.05) is 12.1 Å². The molecule has 1 saturated heterocycles. The first kappa shape index (κ1) is 18.1. The molecule has 6 nitrogen and oxygen atoms in total. The van der Waals surface area contributed by atoms with Gasteiger partial charge in [-0.1, -0.05) is 6.07 Å². The molecule has 1 aromatic rings. The van der Waals surface area contributed by atoms with Gasteiger partial charge in [0.25, 0.3) is 5.91 Å².